The second-order valence-electron chi connectivity index (χ2n) is 7.35. The van der Waals surface area contributed by atoms with Crippen LogP contribution in [0, 0.1) is 11.3 Å². The Balaban J connectivity index is 1.81. The number of benzene rings is 3. The molecule has 0 saturated carbocycles. The number of hydrogen-bond donors (Lipinski definition) is 1. The van der Waals surface area contributed by atoms with Gasteiger partial charge in [0.2, 0.25) is 0 Å². The molecule has 3 rings (SSSR count). The van der Waals surface area contributed by atoms with Gasteiger partial charge in [0, 0.05) is 10.2 Å². The minimum absolute atomic E-state index is 0.0541. The number of halogens is 2. The molecule has 0 aliphatic rings. The molecule has 3 aromatic carbocycles. The van der Waals surface area contributed by atoms with Crippen LogP contribution in [0.15, 0.2) is 70.7 Å². The van der Waals surface area contributed by atoms with Crippen LogP contribution in [0.3, 0.4) is 0 Å². The Kier molecular flexibility index (Phi) is 9.15. The lowest BCUT2D eigenvalue weighted by molar-refractivity contribution is -0.112. The Morgan fingerprint density at radius 3 is 2.35 bits per heavy atom. The molecule has 34 heavy (non-hydrogen) atoms. The van der Waals surface area contributed by atoms with Gasteiger partial charge in [0.15, 0.2) is 11.5 Å². The summed E-state index contributed by atoms with van der Waals surface area (Å²) in [5, 5.41) is 12.6. The van der Waals surface area contributed by atoms with Gasteiger partial charge in [-0.15, -0.1) is 0 Å². The van der Waals surface area contributed by atoms with Gasteiger partial charge in [0.05, 0.1) is 11.6 Å². The summed E-state index contributed by atoms with van der Waals surface area (Å²) < 4.78 is 12.7. The van der Waals surface area contributed by atoms with Crippen LogP contribution in [-0.2, 0) is 17.8 Å². The highest BCUT2D eigenvalue weighted by Gasteiger charge is 2.15. The van der Waals surface area contributed by atoms with Gasteiger partial charge in [-0.05, 0) is 72.5 Å². The summed E-state index contributed by atoms with van der Waals surface area (Å²) in [4.78, 5) is 12.7. The first-order valence-electron chi connectivity index (χ1n) is 10.8. The van der Waals surface area contributed by atoms with Crippen LogP contribution in [-0.4, -0.2) is 12.5 Å². The second kappa shape index (κ2) is 12.3. The van der Waals surface area contributed by atoms with Crippen molar-refractivity contribution in [2.75, 3.05) is 11.9 Å². The van der Waals surface area contributed by atoms with Gasteiger partial charge in [-0.2, -0.15) is 5.26 Å². The van der Waals surface area contributed by atoms with E-state index in [-0.39, 0.29) is 5.57 Å². The Hall–Kier alpha value is -3.27. The number of nitrogens with one attached hydrogen (secondary N) is 1. The highest BCUT2D eigenvalue weighted by Crippen LogP contribution is 2.38. The standard InChI is InChI=1S/C27H24BrClN2O3/c1-3-18-7-11-23(12-8-18)31-27(32)21(16-30)13-20-14-24(29)26(25(15-20)33-4-2)34-17-19-5-9-22(28)10-6-19/h5-15H,3-4,17H2,1-2H3,(H,31,32)/b21-13+. The molecule has 5 nitrogen and oxygen atoms in total. The van der Waals surface area contributed by atoms with Crippen molar-refractivity contribution in [1.82, 2.24) is 0 Å². The number of nitriles is 1. The molecule has 7 heteroatoms. The van der Waals surface area contributed by atoms with E-state index in [0.29, 0.717) is 41.0 Å². The van der Waals surface area contributed by atoms with Gasteiger partial charge in [-0.1, -0.05) is 58.7 Å². The Morgan fingerprint density at radius 1 is 1.06 bits per heavy atom. The topological polar surface area (TPSA) is 71.3 Å². The van der Waals surface area contributed by atoms with Crippen molar-refractivity contribution in [3.05, 3.63) is 92.4 Å². The second-order valence-corrected chi connectivity index (χ2v) is 8.68. The van der Waals surface area contributed by atoms with Crippen LogP contribution in [0.5, 0.6) is 11.5 Å². The van der Waals surface area contributed by atoms with Crippen molar-refractivity contribution in [3.63, 3.8) is 0 Å². The van der Waals surface area contributed by atoms with Gasteiger partial charge in [0.1, 0.15) is 18.2 Å². The number of anilines is 1. The molecule has 0 bridgehead atoms. The summed E-state index contributed by atoms with van der Waals surface area (Å²) in [5.41, 5.74) is 3.25. The van der Waals surface area contributed by atoms with E-state index in [4.69, 9.17) is 21.1 Å². The van der Waals surface area contributed by atoms with Crippen LogP contribution in [0.25, 0.3) is 6.08 Å². The average molecular weight is 540 g/mol. The molecule has 3 aromatic rings. The van der Waals surface area contributed by atoms with E-state index in [1.54, 1.807) is 12.1 Å². The first kappa shape index (κ1) is 25.4. The largest absolute Gasteiger partial charge is 0.490 e. The summed E-state index contributed by atoms with van der Waals surface area (Å²) in [6, 6.07) is 20.6. The van der Waals surface area contributed by atoms with Gasteiger partial charge in [-0.3, -0.25) is 4.79 Å². The number of carbonyl (C=O) groups excluding carboxylic acids is 1. The summed E-state index contributed by atoms with van der Waals surface area (Å²) >= 11 is 9.92. The fourth-order valence-corrected chi connectivity index (χ4v) is 3.69. The molecule has 1 amide bonds. The zero-order valence-corrected chi connectivity index (χ0v) is 21.2. The minimum atomic E-state index is -0.503. The lowest BCUT2D eigenvalue weighted by atomic mass is 10.1. The first-order chi connectivity index (χ1) is 16.4. The molecule has 0 heterocycles. The molecule has 0 aromatic heterocycles. The normalized spacial score (nSPS) is 11.0. The smallest absolute Gasteiger partial charge is 0.266 e. The van der Waals surface area contributed by atoms with Crippen LogP contribution in [0.4, 0.5) is 5.69 Å². The predicted octanol–water partition coefficient (Wildman–Crippen LogP) is 7.19. The van der Waals surface area contributed by atoms with E-state index in [1.165, 1.54) is 6.08 Å². The molecule has 0 radical (unpaired) electrons. The van der Waals surface area contributed by atoms with Crippen LogP contribution < -0.4 is 14.8 Å². The molecule has 0 unspecified atom stereocenters. The Bertz CT molecular complexity index is 1220. The highest BCUT2D eigenvalue weighted by atomic mass is 79.9. The SMILES string of the molecule is CCOc1cc(/C=C(\C#N)C(=O)Nc2ccc(CC)cc2)cc(Cl)c1OCc1ccc(Br)cc1. The fraction of sp³-hybridized carbons (Fsp3) is 0.185. The Labute approximate surface area is 213 Å². The first-order valence-corrected chi connectivity index (χ1v) is 12.0. The van der Waals surface area contributed by atoms with Crippen molar-refractivity contribution in [3.8, 4) is 17.6 Å². The van der Waals surface area contributed by atoms with Crippen molar-refractivity contribution in [2.45, 2.75) is 26.9 Å². The lowest BCUT2D eigenvalue weighted by Gasteiger charge is -2.15. The molecule has 0 spiro atoms. The molecule has 0 saturated heterocycles. The van der Waals surface area contributed by atoms with Crippen LogP contribution in [0.1, 0.15) is 30.5 Å². The lowest BCUT2D eigenvalue weighted by Crippen LogP contribution is -2.13. The molecule has 0 aliphatic carbocycles. The summed E-state index contributed by atoms with van der Waals surface area (Å²) in [6.45, 7) is 4.62. The maximum atomic E-state index is 12.7. The quantitative estimate of drug-likeness (QED) is 0.231. The summed E-state index contributed by atoms with van der Waals surface area (Å²) in [6.07, 6.45) is 2.38. The number of rotatable bonds is 9. The van der Waals surface area contributed by atoms with Gasteiger partial charge in [0.25, 0.3) is 5.91 Å². The van der Waals surface area contributed by atoms with Crippen molar-refractivity contribution >= 4 is 45.2 Å². The zero-order valence-electron chi connectivity index (χ0n) is 18.9. The highest BCUT2D eigenvalue weighted by molar-refractivity contribution is 9.10. The van der Waals surface area contributed by atoms with E-state index in [0.717, 1.165) is 22.0 Å². The van der Waals surface area contributed by atoms with Gasteiger partial charge in [-0.25, -0.2) is 0 Å². The van der Waals surface area contributed by atoms with Crippen molar-refractivity contribution in [2.24, 2.45) is 0 Å². The monoisotopic (exact) mass is 538 g/mol. The van der Waals surface area contributed by atoms with Gasteiger partial charge < -0.3 is 14.8 Å². The van der Waals surface area contributed by atoms with E-state index in [1.807, 2.05) is 61.5 Å². The third-order valence-electron chi connectivity index (χ3n) is 4.92. The molecular formula is C27H24BrClN2O3. The van der Waals surface area contributed by atoms with E-state index >= 15 is 0 Å². The molecule has 0 fully saturated rings. The van der Waals surface area contributed by atoms with Crippen molar-refractivity contribution in [1.29, 1.82) is 5.26 Å². The van der Waals surface area contributed by atoms with Gasteiger partial charge >= 0.3 is 0 Å². The third-order valence-corrected chi connectivity index (χ3v) is 5.73. The molecule has 174 valence electrons. The minimum Gasteiger partial charge on any atom is -0.490 e. The number of hydrogen-bond acceptors (Lipinski definition) is 4. The summed E-state index contributed by atoms with van der Waals surface area (Å²) in [5.74, 6) is 0.338. The zero-order chi connectivity index (χ0) is 24.5. The third kappa shape index (κ3) is 6.86. The number of nitrogens with zero attached hydrogens (tertiary/aromatic N) is 1. The van der Waals surface area contributed by atoms with E-state index in [9.17, 15) is 10.1 Å². The van der Waals surface area contributed by atoms with Crippen LogP contribution >= 0.6 is 27.5 Å². The van der Waals surface area contributed by atoms with Crippen LogP contribution in [0.2, 0.25) is 5.02 Å². The van der Waals surface area contributed by atoms with E-state index in [2.05, 4.69) is 28.2 Å². The number of ether oxygens (including phenoxy) is 2. The fourth-order valence-electron chi connectivity index (χ4n) is 3.15. The average Bonchev–Trinajstić information content (AvgIpc) is 2.83. The number of carbonyl (C=O) groups is 1. The molecule has 0 atom stereocenters. The van der Waals surface area contributed by atoms with Crippen molar-refractivity contribution < 1.29 is 14.3 Å². The molecule has 1 N–H and O–H groups in total. The maximum absolute atomic E-state index is 12.7. The van der Waals surface area contributed by atoms with E-state index < -0.39 is 5.91 Å². The molecular weight excluding hydrogens is 516 g/mol. The summed E-state index contributed by atoms with van der Waals surface area (Å²) in [7, 11) is 0. The molecule has 0 aliphatic heterocycles. The Morgan fingerprint density at radius 2 is 1.74 bits per heavy atom. The number of aryl methyl sites for hydroxylation is 1. The maximum Gasteiger partial charge on any atom is 0.266 e. The predicted molar refractivity (Wildman–Crippen MR) is 139 cm³/mol. The number of amides is 1.